The summed E-state index contributed by atoms with van der Waals surface area (Å²) in [6.07, 6.45) is 3.12. The highest BCUT2D eigenvalue weighted by molar-refractivity contribution is 5.80. The molecule has 1 amide bonds. The molecule has 2 rings (SSSR count). The lowest BCUT2D eigenvalue weighted by Gasteiger charge is -2.30. The summed E-state index contributed by atoms with van der Waals surface area (Å²) in [5.41, 5.74) is 1.14. The van der Waals surface area contributed by atoms with E-state index >= 15 is 0 Å². The SMILES string of the molecule is CC1CCN(CCCNC(=O)C(C)Oc2ccccc2C(C)C)CC1. The minimum atomic E-state index is -0.476. The predicted octanol–water partition coefficient (Wildman–Crippen LogP) is 3.82. The van der Waals surface area contributed by atoms with Crippen LogP contribution in [0.1, 0.15) is 58.4 Å². The molecule has 1 aliphatic heterocycles. The smallest absolute Gasteiger partial charge is 0.260 e. The van der Waals surface area contributed by atoms with E-state index in [1.807, 2.05) is 25.1 Å². The van der Waals surface area contributed by atoms with Crippen molar-refractivity contribution in [3.63, 3.8) is 0 Å². The molecule has 1 atom stereocenters. The largest absolute Gasteiger partial charge is 0.481 e. The van der Waals surface area contributed by atoms with Gasteiger partial charge in [0.05, 0.1) is 0 Å². The fraction of sp³-hybridized carbons (Fsp3) is 0.667. The van der Waals surface area contributed by atoms with Gasteiger partial charge in [-0.05, 0) is 69.3 Å². The van der Waals surface area contributed by atoms with Gasteiger partial charge in [-0.2, -0.15) is 0 Å². The molecule has 1 aliphatic rings. The Morgan fingerprint density at radius 3 is 2.60 bits per heavy atom. The van der Waals surface area contributed by atoms with Gasteiger partial charge < -0.3 is 15.0 Å². The van der Waals surface area contributed by atoms with E-state index in [9.17, 15) is 4.79 Å². The number of rotatable bonds is 8. The predicted molar refractivity (Wildman–Crippen MR) is 103 cm³/mol. The third-order valence-electron chi connectivity index (χ3n) is 5.04. The zero-order valence-corrected chi connectivity index (χ0v) is 16.3. The molecule has 25 heavy (non-hydrogen) atoms. The molecule has 0 aliphatic carbocycles. The second-order valence-corrected chi connectivity index (χ2v) is 7.62. The van der Waals surface area contributed by atoms with Gasteiger partial charge in [0.1, 0.15) is 5.75 Å². The summed E-state index contributed by atoms with van der Waals surface area (Å²) in [5.74, 6) is 2.01. The number of nitrogens with one attached hydrogen (secondary N) is 1. The Bertz CT molecular complexity index is 536. The zero-order chi connectivity index (χ0) is 18.2. The fourth-order valence-corrected chi connectivity index (χ4v) is 3.25. The monoisotopic (exact) mass is 346 g/mol. The number of ether oxygens (including phenoxy) is 1. The Morgan fingerprint density at radius 2 is 1.92 bits per heavy atom. The van der Waals surface area contributed by atoms with Crippen LogP contribution in [0.3, 0.4) is 0 Å². The number of hydrogen-bond acceptors (Lipinski definition) is 3. The number of carbonyl (C=O) groups excluding carboxylic acids is 1. The lowest BCUT2D eigenvalue weighted by molar-refractivity contribution is -0.127. The van der Waals surface area contributed by atoms with Crippen molar-refractivity contribution in [1.29, 1.82) is 0 Å². The van der Waals surface area contributed by atoms with E-state index in [0.29, 0.717) is 12.5 Å². The topological polar surface area (TPSA) is 41.6 Å². The molecule has 0 radical (unpaired) electrons. The molecule has 0 aromatic heterocycles. The van der Waals surface area contributed by atoms with E-state index in [4.69, 9.17) is 4.74 Å². The average molecular weight is 347 g/mol. The maximum absolute atomic E-state index is 12.3. The first-order chi connectivity index (χ1) is 12.0. The van der Waals surface area contributed by atoms with E-state index in [1.165, 1.54) is 25.9 Å². The van der Waals surface area contributed by atoms with Crippen LogP contribution >= 0.6 is 0 Å². The van der Waals surface area contributed by atoms with Gasteiger partial charge in [0.25, 0.3) is 5.91 Å². The van der Waals surface area contributed by atoms with Gasteiger partial charge in [0.15, 0.2) is 6.10 Å². The van der Waals surface area contributed by atoms with Crippen LogP contribution in [0.25, 0.3) is 0 Å². The molecule has 1 unspecified atom stereocenters. The van der Waals surface area contributed by atoms with Crippen LogP contribution in [0, 0.1) is 5.92 Å². The van der Waals surface area contributed by atoms with Crippen molar-refractivity contribution in [3.8, 4) is 5.75 Å². The first-order valence-corrected chi connectivity index (χ1v) is 9.73. The summed E-state index contributed by atoms with van der Waals surface area (Å²) < 4.78 is 5.90. The zero-order valence-electron chi connectivity index (χ0n) is 16.3. The van der Waals surface area contributed by atoms with Crippen LogP contribution in [0.4, 0.5) is 0 Å². The van der Waals surface area contributed by atoms with E-state index in [0.717, 1.165) is 30.2 Å². The number of likely N-dealkylation sites (tertiary alicyclic amines) is 1. The van der Waals surface area contributed by atoms with Crippen molar-refractivity contribution in [2.24, 2.45) is 5.92 Å². The maximum Gasteiger partial charge on any atom is 0.260 e. The molecule has 0 saturated carbocycles. The number of carbonyl (C=O) groups is 1. The third-order valence-corrected chi connectivity index (χ3v) is 5.04. The Balaban J connectivity index is 1.70. The molecule has 0 bridgehead atoms. The number of benzene rings is 1. The number of piperidine rings is 1. The Kier molecular flexibility index (Phi) is 7.76. The minimum absolute atomic E-state index is 0.0363. The molecule has 4 nitrogen and oxygen atoms in total. The number of amides is 1. The summed E-state index contributed by atoms with van der Waals surface area (Å²) in [7, 11) is 0. The first kappa shape index (κ1) is 19.8. The van der Waals surface area contributed by atoms with Crippen LogP contribution in [0.15, 0.2) is 24.3 Å². The Labute approximate surface area is 152 Å². The standard InChI is InChI=1S/C21H34N2O2/c1-16(2)19-8-5-6-9-20(19)25-18(4)21(24)22-12-7-13-23-14-10-17(3)11-15-23/h5-6,8-9,16-18H,7,10-15H2,1-4H3,(H,22,24). The molecule has 140 valence electrons. The lowest BCUT2D eigenvalue weighted by Crippen LogP contribution is -2.39. The van der Waals surface area contributed by atoms with Crippen LogP contribution < -0.4 is 10.1 Å². The van der Waals surface area contributed by atoms with Crippen molar-refractivity contribution in [1.82, 2.24) is 10.2 Å². The summed E-state index contributed by atoms with van der Waals surface area (Å²) in [6.45, 7) is 12.6. The average Bonchev–Trinajstić information content (AvgIpc) is 2.60. The van der Waals surface area contributed by atoms with Crippen molar-refractivity contribution >= 4 is 5.91 Å². The fourth-order valence-electron chi connectivity index (χ4n) is 3.25. The molecular formula is C21H34N2O2. The van der Waals surface area contributed by atoms with E-state index in [1.54, 1.807) is 0 Å². The highest BCUT2D eigenvalue weighted by atomic mass is 16.5. The minimum Gasteiger partial charge on any atom is -0.481 e. The molecule has 1 aromatic carbocycles. The van der Waals surface area contributed by atoms with Crippen molar-refractivity contribution in [2.45, 2.75) is 59.0 Å². The number of nitrogens with zero attached hydrogens (tertiary/aromatic N) is 1. The molecule has 1 heterocycles. The van der Waals surface area contributed by atoms with E-state index in [-0.39, 0.29) is 5.91 Å². The Morgan fingerprint density at radius 1 is 1.24 bits per heavy atom. The quantitative estimate of drug-likeness (QED) is 0.728. The van der Waals surface area contributed by atoms with Gasteiger partial charge in [0.2, 0.25) is 0 Å². The summed E-state index contributed by atoms with van der Waals surface area (Å²) in [5, 5.41) is 3.01. The van der Waals surface area contributed by atoms with Crippen LogP contribution in [0.5, 0.6) is 5.75 Å². The van der Waals surface area contributed by atoms with Crippen molar-refractivity contribution in [3.05, 3.63) is 29.8 Å². The summed E-state index contributed by atoms with van der Waals surface area (Å²) in [4.78, 5) is 14.8. The van der Waals surface area contributed by atoms with Crippen LogP contribution in [-0.2, 0) is 4.79 Å². The molecule has 0 spiro atoms. The molecule has 4 heteroatoms. The molecule has 1 fully saturated rings. The van der Waals surface area contributed by atoms with Gasteiger partial charge >= 0.3 is 0 Å². The molecule has 1 N–H and O–H groups in total. The van der Waals surface area contributed by atoms with Gasteiger partial charge in [-0.3, -0.25) is 4.79 Å². The maximum atomic E-state index is 12.3. The highest BCUT2D eigenvalue weighted by Gasteiger charge is 2.18. The second-order valence-electron chi connectivity index (χ2n) is 7.62. The van der Waals surface area contributed by atoms with E-state index in [2.05, 4.69) is 37.1 Å². The lowest BCUT2D eigenvalue weighted by atomic mass is 9.99. The van der Waals surface area contributed by atoms with Gasteiger partial charge in [-0.1, -0.05) is 39.0 Å². The van der Waals surface area contributed by atoms with Crippen LogP contribution in [0.2, 0.25) is 0 Å². The van der Waals surface area contributed by atoms with Gasteiger partial charge in [-0.25, -0.2) is 0 Å². The molecule has 1 saturated heterocycles. The van der Waals surface area contributed by atoms with Gasteiger partial charge in [0, 0.05) is 6.54 Å². The van der Waals surface area contributed by atoms with Crippen LogP contribution in [-0.4, -0.2) is 43.1 Å². The number of para-hydroxylation sites is 1. The van der Waals surface area contributed by atoms with Crippen molar-refractivity contribution in [2.75, 3.05) is 26.2 Å². The normalized spacial score (nSPS) is 17.5. The third kappa shape index (κ3) is 6.35. The molecule has 1 aromatic rings. The first-order valence-electron chi connectivity index (χ1n) is 9.73. The highest BCUT2D eigenvalue weighted by Crippen LogP contribution is 2.26. The molecular weight excluding hydrogens is 312 g/mol. The number of hydrogen-bond donors (Lipinski definition) is 1. The van der Waals surface area contributed by atoms with Crippen molar-refractivity contribution < 1.29 is 9.53 Å². The van der Waals surface area contributed by atoms with Gasteiger partial charge in [-0.15, -0.1) is 0 Å². The second kappa shape index (κ2) is 9.81. The Hall–Kier alpha value is -1.55. The summed E-state index contributed by atoms with van der Waals surface area (Å²) in [6, 6.07) is 7.96. The van der Waals surface area contributed by atoms with E-state index < -0.39 is 6.10 Å². The summed E-state index contributed by atoms with van der Waals surface area (Å²) >= 11 is 0.